The molecule has 1 amide bonds. The fraction of sp³-hybridized carbons (Fsp3) is 0.500. The Morgan fingerprint density at radius 2 is 1.80 bits per heavy atom. The van der Waals surface area contributed by atoms with Crippen LogP contribution in [0.2, 0.25) is 0 Å². The van der Waals surface area contributed by atoms with Gasteiger partial charge in [0.05, 0.1) is 18.8 Å². The summed E-state index contributed by atoms with van der Waals surface area (Å²) in [5, 5.41) is 2.84. The first-order valence-corrected chi connectivity index (χ1v) is 8.14. The number of hydrogen-bond donors (Lipinski definition) is 1. The van der Waals surface area contributed by atoms with E-state index in [9.17, 15) is 18.0 Å². The van der Waals surface area contributed by atoms with E-state index in [0.717, 1.165) is 25.2 Å². The van der Waals surface area contributed by atoms with Gasteiger partial charge in [0.25, 0.3) is 0 Å². The van der Waals surface area contributed by atoms with Crippen LogP contribution in [-0.4, -0.2) is 49.2 Å². The zero-order valence-electron chi connectivity index (χ0n) is 14.4. The van der Waals surface area contributed by atoms with Gasteiger partial charge in [0.2, 0.25) is 5.91 Å². The van der Waals surface area contributed by atoms with Crippen molar-refractivity contribution in [3.63, 3.8) is 0 Å². The van der Waals surface area contributed by atoms with Crippen LogP contribution in [0, 0.1) is 0 Å². The smallest absolute Gasteiger partial charge is 0.379 e. The third-order valence-electron chi connectivity index (χ3n) is 4.23. The minimum atomic E-state index is -4.36. The number of ether oxygens (including phenoxy) is 1. The number of morpholine rings is 1. The van der Waals surface area contributed by atoms with E-state index < -0.39 is 11.7 Å². The Balaban J connectivity index is 1.86. The minimum absolute atomic E-state index is 0.193. The van der Waals surface area contributed by atoms with Gasteiger partial charge in [0.1, 0.15) is 0 Å². The third-order valence-corrected chi connectivity index (χ3v) is 4.23. The Kier molecular flexibility index (Phi) is 6.24. The molecule has 2 rings (SSSR count). The van der Waals surface area contributed by atoms with Gasteiger partial charge in [-0.25, -0.2) is 0 Å². The Morgan fingerprint density at radius 1 is 1.20 bits per heavy atom. The van der Waals surface area contributed by atoms with E-state index in [1.807, 2.05) is 0 Å². The summed E-state index contributed by atoms with van der Waals surface area (Å²) in [6.45, 7) is 7.60. The molecule has 138 valence electrons. The van der Waals surface area contributed by atoms with Gasteiger partial charge in [-0.15, -0.1) is 0 Å². The van der Waals surface area contributed by atoms with Gasteiger partial charge < -0.3 is 10.1 Å². The number of carbonyl (C=O) groups is 1. The lowest BCUT2D eigenvalue weighted by atomic mass is 10.0. The normalized spacial score (nSPS) is 17.0. The fourth-order valence-electron chi connectivity index (χ4n) is 2.60. The van der Waals surface area contributed by atoms with Crippen molar-refractivity contribution in [1.29, 1.82) is 0 Å². The molecule has 1 aromatic rings. The van der Waals surface area contributed by atoms with Crippen molar-refractivity contribution < 1.29 is 22.7 Å². The molecule has 0 atom stereocenters. The number of hydrogen-bond acceptors (Lipinski definition) is 3. The second-order valence-corrected chi connectivity index (χ2v) is 6.58. The van der Waals surface area contributed by atoms with E-state index in [0.29, 0.717) is 25.3 Å². The van der Waals surface area contributed by atoms with E-state index in [1.165, 1.54) is 24.3 Å². The standard InChI is InChI=1S/C18H23F3N2O2/c1-17(2,23-9-11-25-12-10-23)13-22-16(24)8-5-14-3-6-15(7-4-14)18(19,20)21/h3-8H,9-13H2,1-2H3,(H,22,24)/b8-5+. The van der Waals surface area contributed by atoms with Crippen LogP contribution in [0.4, 0.5) is 13.2 Å². The molecular formula is C18H23F3N2O2. The average molecular weight is 356 g/mol. The molecule has 1 aliphatic rings. The van der Waals surface area contributed by atoms with E-state index in [2.05, 4.69) is 24.1 Å². The van der Waals surface area contributed by atoms with Gasteiger partial charge >= 0.3 is 6.18 Å². The highest BCUT2D eigenvalue weighted by molar-refractivity contribution is 5.91. The zero-order chi connectivity index (χ0) is 18.5. The summed E-state index contributed by atoms with van der Waals surface area (Å²) in [6.07, 6.45) is -1.53. The van der Waals surface area contributed by atoms with Crippen molar-refractivity contribution in [2.24, 2.45) is 0 Å². The van der Waals surface area contributed by atoms with Crippen LogP contribution in [0.1, 0.15) is 25.0 Å². The first-order chi connectivity index (χ1) is 11.7. The molecular weight excluding hydrogens is 333 g/mol. The van der Waals surface area contributed by atoms with Crippen LogP contribution in [0.15, 0.2) is 30.3 Å². The lowest BCUT2D eigenvalue weighted by Crippen LogP contribution is -2.55. The summed E-state index contributed by atoms with van der Waals surface area (Å²) < 4.78 is 42.8. The molecule has 0 unspecified atom stereocenters. The Bertz CT molecular complexity index is 604. The fourth-order valence-corrected chi connectivity index (χ4v) is 2.60. The molecule has 0 saturated carbocycles. The van der Waals surface area contributed by atoms with Crippen LogP contribution in [0.5, 0.6) is 0 Å². The van der Waals surface area contributed by atoms with Gasteiger partial charge in [0, 0.05) is 31.2 Å². The second-order valence-electron chi connectivity index (χ2n) is 6.58. The molecule has 0 aromatic heterocycles. The maximum absolute atomic E-state index is 12.5. The Morgan fingerprint density at radius 3 is 2.36 bits per heavy atom. The number of alkyl halides is 3. The second kappa shape index (κ2) is 8.01. The Labute approximate surface area is 145 Å². The highest BCUT2D eigenvalue weighted by Gasteiger charge is 2.30. The van der Waals surface area contributed by atoms with Gasteiger partial charge in [-0.1, -0.05) is 12.1 Å². The monoisotopic (exact) mass is 356 g/mol. The highest BCUT2D eigenvalue weighted by atomic mass is 19.4. The first kappa shape index (κ1) is 19.5. The average Bonchev–Trinajstić information content (AvgIpc) is 2.58. The van der Waals surface area contributed by atoms with E-state index in [4.69, 9.17) is 4.74 Å². The molecule has 7 heteroatoms. The van der Waals surface area contributed by atoms with E-state index in [-0.39, 0.29) is 11.4 Å². The molecule has 1 aliphatic heterocycles. The number of nitrogens with zero attached hydrogens (tertiary/aromatic N) is 1. The molecule has 1 N–H and O–H groups in total. The molecule has 25 heavy (non-hydrogen) atoms. The van der Waals surface area contributed by atoms with Crippen molar-refractivity contribution >= 4 is 12.0 Å². The van der Waals surface area contributed by atoms with Gasteiger partial charge in [-0.2, -0.15) is 13.2 Å². The van der Waals surface area contributed by atoms with E-state index >= 15 is 0 Å². The molecule has 0 spiro atoms. The summed E-state index contributed by atoms with van der Waals surface area (Å²) in [6, 6.07) is 4.67. The highest BCUT2D eigenvalue weighted by Crippen LogP contribution is 2.29. The zero-order valence-corrected chi connectivity index (χ0v) is 14.4. The SMILES string of the molecule is CC(C)(CNC(=O)/C=C/c1ccc(C(F)(F)F)cc1)N1CCOCC1. The Hall–Kier alpha value is -1.86. The molecule has 0 bridgehead atoms. The summed E-state index contributed by atoms with van der Waals surface area (Å²) in [5.41, 5.74) is -0.362. The first-order valence-electron chi connectivity index (χ1n) is 8.14. The van der Waals surface area contributed by atoms with Crippen molar-refractivity contribution in [3.05, 3.63) is 41.5 Å². The predicted molar refractivity (Wildman–Crippen MR) is 90.0 cm³/mol. The van der Waals surface area contributed by atoms with Crippen molar-refractivity contribution in [1.82, 2.24) is 10.2 Å². The molecule has 1 saturated heterocycles. The van der Waals surface area contributed by atoms with Crippen LogP contribution in [-0.2, 0) is 15.7 Å². The lowest BCUT2D eigenvalue weighted by Gasteiger charge is -2.40. The van der Waals surface area contributed by atoms with Crippen LogP contribution < -0.4 is 5.32 Å². The maximum Gasteiger partial charge on any atom is 0.416 e. The van der Waals surface area contributed by atoms with Gasteiger partial charge in [-0.05, 0) is 37.6 Å². The summed E-state index contributed by atoms with van der Waals surface area (Å²) in [5.74, 6) is -0.277. The van der Waals surface area contributed by atoms with E-state index in [1.54, 1.807) is 0 Å². The number of rotatable bonds is 5. The van der Waals surface area contributed by atoms with Crippen LogP contribution in [0.3, 0.4) is 0 Å². The number of benzene rings is 1. The van der Waals surface area contributed by atoms with Crippen molar-refractivity contribution in [2.45, 2.75) is 25.6 Å². The van der Waals surface area contributed by atoms with Gasteiger partial charge in [-0.3, -0.25) is 9.69 Å². The maximum atomic E-state index is 12.5. The third kappa shape index (κ3) is 5.86. The predicted octanol–water partition coefficient (Wildman–Crippen LogP) is 2.95. The molecule has 4 nitrogen and oxygen atoms in total. The molecule has 1 fully saturated rings. The molecule has 0 aliphatic carbocycles. The minimum Gasteiger partial charge on any atom is -0.379 e. The van der Waals surface area contributed by atoms with Crippen LogP contribution in [0.25, 0.3) is 6.08 Å². The summed E-state index contributed by atoms with van der Waals surface area (Å²) in [4.78, 5) is 14.2. The van der Waals surface area contributed by atoms with Crippen LogP contribution >= 0.6 is 0 Å². The number of amides is 1. The quantitative estimate of drug-likeness (QED) is 0.825. The number of carbonyl (C=O) groups excluding carboxylic acids is 1. The van der Waals surface area contributed by atoms with Crippen molar-refractivity contribution in [2.75, 3.05) is 32.8 Å². The molecule has 0 radical (unpaired) electrons. The number of nitrogens with one attached hydrogen (secondary N) is 1. The largest absolute Gasteiger partial charge is 0.416 e. The van der Waals surface area contributed by atoms with Gasteiger partial charge in [0.15, 0.2) is 0 Å². The molecule has 1 aromatic carbocycles. The topological polar surface area (TPSA) is 41.6 Å². The lowest BCUT2D eigenvalue weighted by molar-refractivity contribution is -0.137. The summed E-state index contributed by atoms with van der Waals surface area (Å²) in [7, 11) is 0. The van der Waals surface area contributed by atoms with Crippen molar-refractivity contribution in [3.8, 4) is 0 Å². The molecule has 1 heterocycles. The number of halogens is 3. The summed E-state index contributed by atoms with van der Waals surface area (Å²) >= 11 is 0.